The van der Waals surface area contributed by atoms with Gasteiger partial charge in [-0.15, -0.1) is 0 Å². The van der Waals surface area contributed by atoms with Crippen LogP contribution in [0.5, 0.6) is 17.2 Å². The summed E-state index contributed by atoms with van der Waals surface area (Å²) in [6.07, 6.45) is 31.2. The van der Waals surface area contributed by atoms with Crippen LogP contribution in [-0.4, -0.2) is 113 Å². The standard InChI is InChI=1S/C70H107NO17/c1-6-8-10-12-14-16-18-20-22-24-26-28-30-32-61(72)82-51-58(52-83-62(73)33-31-29-27-25-23-21-19-17-15-13-11-9-7-2)87-65(76)43-42-64(75)86-57-38-36-56(37-39-57)50-85-70(78)88-68-59(67(79-5)55(4)60-53-84-69(77)66(60)68)40-34-54(3)35-41-63(74)81-49-46-71-44-47-80-48-45-71/h34,36-39,58H,6-33,35,40-53H2,1-5H3/b54-34+. The summed E-state index contributed by atoms with van der Waals surface area (Å²) in [6.45, 7) is 11.2. The van der Waals surface area contributed by atoms with E-state index in [0.717, 1.165) is 57.2 Å². The van der Waals surface area contributed by atoms with Crippen molar-refractivity contribution in [1.82, 2.24) is 4.90 Å². The van der Waals surface area contributed by atoms with Crippen molar-refractivity contribution < 1.29 is 80.9 Å². The van der Waals surface area contributed by atoms with Crippen molar-refractivity contribution >= 4 is 42.0 Å². The summed E-state index contributed by atoms with van der Waals surface area (Å²) in [4.78, 5) is 92.7. The Kier molecular flexibility index (Phi) is 39.0. The highest BCUT2D eigenvalue weighted by Gasteiger charge is 2.35. The molecule has 4 rings (SSSR count). The van der Waals surface area contributed by atoms with E-state index in [1.54, 1.807) is 19.1 Å². The minimum absolute atomic E-state index is 0.0253. The number of fused-ring (bicyclic) bond motifs is 1. The van der Waals surface area contributed by atoms with Crippen molar-refractivity contribution in [3.63, 3.8) is 0 Å². The van der Waals surface area contributed by atoms with Gasteiger partial charge in [-0.05, 0) is 62.8 Å². The number of nitrogens with zero attached hydrogens (tertiary/aromatic N) is 1. The molecule has 0 aliphatic carbocycles. The highest BCUT2D eigenvalue weighted by atomic mass is 16.7. The molecule has 2 aromatic rings. The number of methoxy groups -OCH3 is 1. The summed E-state index contributed by atoms with van der Waals surface area (Å²) < 4.78 is 55.3. The van der Waals surface area contributed by atoms with Gasteiger partial charge in [0.15, 0.2) is 11.9 Å². The van der Waals surface area contributed by atoms with Gasteiger partial charge < -0.3 is 47.4 Å². The van der Waals surface area contributed by atoms with E-state index in [9.17, 15) is 33.6 Å². The van der Waals surface area contributed by atoms with Crippen LogP contribution in [0, 0.1) is 6.92 Å². The van der Waals surface area contributed by atoms with Crippen molar-refractivity contribution in [1.29, 1.82) is 0 Å². The van der Waals surface area contributed by atoms with Gasteiger partial charge >= 0.3 is 42.0 Å². The van der Waals surface area contributed by atoms with Crippen molar-refractivity contribution in [2.75, 3.05) is 59.8 Å². The van der Waals surface area contributed by atoms with Crippen LogP contribution in [0.15, 0.2) is 35.9 Å². The van der Waals surface area contributed by atoms with Gasteiger partial charge in [-0.2, -0.15) is 0 Å². The van der Waals surface area contributed by atoms with Crippen LogP contribution in [0.25, 0.3) is 0 Å². The number of unbranched alkanes of at least 4 members (excludes halogenated alkanes) is 24. The third-order valence-electron chi connectivity index (χ3n) is 16.1. The second kappa shape index (κ2) is 46.1. The third kappa shape index (κ3) is 31.9. The van der Waals surface area contributed by atoms with E-state index < -0.39 is 42.1 Å². The molecule has 18 heteroatoms. The molecule has 2 aliphatic heterocycles. The van der Waals surface area contributed by atoms with Crippen LogP contribution in [0.3, 0.4) is 0 Å². The molecule has 18 nitrogen and oxygen atoms in total. The summed E-state index contributed by atoms with van der Waals surface area (Å²) in [5.74, 6) is -2.73. The topological polar surface area (TPSA) is 215 Å². The van der Waals surface area contributed by atoms with Gasteiger partial charge in [0.25, 0.3) is 0 Å². The van der Waals surface area contributed by atoms with E-state index in [2.05, 4.69) is 18.7 Å². The average molecular weight is 1230 g/mol. The van der Waals surface area contributed by atoms with Crippen molar-refractivity contribution in [3.05, 3.63) is 63.7 Å². The number of ether oxygens (including phenoxy) is 10. The lowest BCUT2D eigenvalue weighted by Crippen LogP contribution is -2.38. The van der Waals surface area contributed by atoms with Gasteiger partial charge in [-0.3, -0.25) is 28.9 Å². The fraction of sp³-hybridized carbons (Fsp3) is 0.700. The maximum absolute atomic E-state index is 13.3. The molecule has 0 spiro atoms. The smallest absolute Gasteiger partial charge is 0.496 e. The van der Waals surface area contributed by atoms with Crippen LogP contribution < -0.4 is 14.2 Å². The maximum Gasteiger partial charge on any atom is 0.514 e. The summed E-state index contributed by atoms with van der Waals surface area (Å²) in [5.41, 5.74) is 3.11. The highest BCUT2D eigenvalue weighted by Crippen LogP contribution is 2.43. The van der Waals surface area contributed by atoms with E-state index in [1.165, 1.54) is 135 Å². The molecular formula is C70H107NO17. The number of carbonyl (C=O) groups excluding carboxylic acids is 7. The number of benzene rings is 2. The average Bonchev–Trinajstić information content (AvgIpc) is 1.56. The largest absolute Gasteiger partial charge is 0.514 e. The molecule has 0 radical (unpaired) electrons. The van der Waals surface area contributed by atoms with E-state index in [4.69, 9.17) is 47.4 Å². The van der Waals surface area contributed by atoms with E-state index in [1.807, 2.05) is 13.0 Å². The fourth-order valence-electron chi connectivity index (χ4n) is 10.7. The number of rotatable bonds is 49. The Labute approximate surface area is 525 Å². The first-order chi connectivity index (χ1) is 42.8. The molecule has 0 saturated carbocycles. The molecule has 2 aromatic carbocycles. The van der Waals surface area contributed by atoms with Crippen molar-refractivity contribution in [2.24, 2.45) is 0 Å². The Morgan fingerprint density at radius 2 is 1.06 bits per heavy atom. The number of allylic oxidation sites excluding steroid dienone is 2. The normalized spacial score (nSPS) is 13.2. The summed E-state index contributed by atoms with van der Waals surface area (Å²) in [7, 11) is 1.49. The van der Waals surface area contributed by atoms with Crippen LogP contribution in [0.1, 0.15) is 259 Å². The lowest BCUT2D eigenvalue weighted by molar-refractivity contribution is -0.167. The molecule has 2 aliphatic rings. The Balaban J connectivity index is 1.22. The van der Waals surface area contributed by atoms with Gasteiger partial charge in [0, 0.05) is 50.0 Å². The number of morpholine rings is 1. The number of hydrogen-bond donors (Lipinski definition) is 0. The summed E-state index contributed by atoms with van der Waals surface area (Å²) >= 11 is 0. The van der Waals surface area contributed by atoms with Gasteiger partial charge in [0.2, 0.25) is 0 Å². The minimum atomic E-state index is -1.09. The SMILES string of the molecule is CCCCCCCCCCCCCCCC(=O)OCC(COC(=O)CCCCCCCCCCCCCCC)OC(=O)CCC(=O)Oc1ccc(COC(=O)Oc2c(C/C=C(\C)CCC(=O)OCCN3CCOCC3)c(OC)c(C)c3c2C(=O)OC3)cc1. The highest BCUT2D eigenvalue weighted by molar-refractivity contribution is 5.99. The molecule has 0 atom stereocenters. The molecule has 494 valence electrons. The third-order valence-corrected chi connectivity index (χ3v) is 16.1. The van der Waals surface area contributed by atoms with E-state index in [-0.39, 0.29) is 88.0 Å². The Morgan fingerprint density at radius 1 is 0.568 bits per heavy atom. The zero-order valence-corrected chi connectivity index (χ0v) is 54.3. The van der Waals surface area contributed by atoms with Crippen molar-refractivity contribution in [2.45, 2.75) is 259 Å². The Bertz CT molecular complexity index is 2350. The molecule has 0 unspecified atom stereocenters. The Hall–Kier alpha value is -6.01. The second-order valence-electron chi connectivity index (χ2n) is 23.5. The molecular weight excluding hydrogens is 1130 g/mol. The van der Waals surface area contributed by atoms with Gasteiger partial charge in [0.1, 0.15) is 50.1 Å². The number of esters is 6. The zero-order valence-electron chi connectivity index (χ0n) is 54.3. The van der Waals surface area contributed by atoms with Crippen LogP contribution in [0.2, 0.25) is 0 Å². The predicted octanol–water partition coefficient (Wildman–Crippen LogP) is 15.2. The van der Waals surface area contributed by atoms with E-state index >= 15 is 0 Å². The molecule has 0 aromatic heterocycles. The molecule has 0 amide bonds. The molecule has 2 heterocycles. The molecule has 1 fully saturated rings. The fourth-order valence-corrected chi connectivity index (χ4v) is 10.7. The van der Waals surface area contributed by atoms with E-state index in [0.29, 0.717) is 73.6 Å². The Morgan fingerprint density at radius 3 is 1.58 bits per heavy atom. The first-order valence-electron chi connectivity index (χ1n) is 33.5. The minimum Gasteiger partial charge on any atom is -0.496 e. The van der Waals surface area contributed by atoms with Gasteiger partial charge in [0.05, 0.1) is 33.2 Å². The number of cyclic esters (lactones) is 1. The first-order valence-corrected chi connectivity index (χ1v) is 33.5. The zero-order chi connectivity index (χ0) is 63.4. The molecule has 88 heavy (non-hydrogen) atoms. The van der Waals surface area contributed by atoms with Crippen LogP contribution >= 0.6 is 0 Å². The second-order valence-corrected chi connectivity index (χ2v) is 23.5. The first kappa shape index (κ1) is 74.5. The van der Waals surface area contributed by atoms with Crippen LogP contribution in [-0.2, 0) is 76.8 Å². The quantitative estimate of drug-likeness (QED) is 0.0150. The van der Waals surface area contributed by atoms with Gasteiger partial charge in [-0.25, -0.2) is 9.59 Å². The number of hydrogen-bond acceptors (Lipinski definition) is 18. The maximum atomic E-state index is 13.3. The van der Waals surface area contributed by atoms with Gasteiger partial charge in [-0.1, -0.05) is 192 Å². The van der Waals surface area contributed by atoms with Crippen molar-refractivity contribution in [3.8, 4) is 17.2 Å². The summed E-state index contributed by atoms with van der Waals surface area (Å²) in [6, 6.07) is 6.16. The lowest BCUT2D eigenvalue weighted by atomic mass is 9.94. The monoisotopic (exact) mass is 1230 g/mol. The number of carbonyl (C=O) groups is 7. The predicted molar refractivity (Wildman–Crippen MR) is 336 cm³/mol. The molecule has 0 bridgehead atoms. The molecule has 0 N–H and O–H groups in total. The lowest BCUT2D eigenvalue weighted by Gasteiger charge is -2.26. The molecule has 1 saturated heterocycles. The van der Waals surface area contributed by atoms with Crippen LogP contribution in [0.4, 0.5) is 4.79 Å². The summed E-state index contributed by atoms with van der Waals surface area (Å²) in [5, 5.41) is 0.